The summed E-state index contributed by atoms with van der Waals surface area (Å²) in [6.45, 7) is 2.70. The maximum atomic E-state index is 12.3. The van der Waals surface area contributed by atoms with E-state index in [2.05, 4.69) is 0 Å². The van der Waals surface area contributed by atoms with Crippen LogP contribution in [0.25, 0.3) is 0 Å². The van der Waals surface area contributed by atoms with Gasteiger partial charge in [-0.1, -0.05) is 13.8 Å². The number of halogens is 3. The monoisotopic (exact) mass is 198 g/mol. The fraction of sp³-hybridized carbons (Fsp3) is 0.857. The van der Waals surface area contributed by atoms with Gasteiger partial charge in [-0.2, -0.15) is 13.2 Å². The molecule has 4 N–H and O–H groups in total. The minimum Gasteiger partial charge on any atom is -0.368 e. The molecule has 1 amide bonds. The number of alkyl halides is 3. The molecule has 0 aromatic carbocycles. The van der Waals surface area contributed by atoms with Crippen LogP contribution >= 0.6 is 0 Å². The Kier molecular flexibility index (Phi) is 3.71. The van der Waals surface area contributed by atoms with Gasteiger partial charge < -0.3 is 11.5 Å². The van der Waals surface area contributed by atoms with E-state index in [4.69, 9.17) is 11.5 Å². The molecule has 0 spiro atoms. The largest absolute Gasteiger partial charge is 0.394 e. The van der Waals surface area contributed by atoms with E-state index in [1.807, 2.05) is 0 Å². The van der Waals surface area contributed by atoms with Crippen LogP contribution in [0.4, 0.5) is 13.2 Å². The topological polar surface area (TPSA) is 69.1 Å². The summed E-state index contributed by atoms with van der Waals surface area (Å²) in [6.07, 6.45) is -4.48. The summed E-state index contributed by atoms with van der Waals surface area (Å²) in [6, 6.07) is -1.67. The zero-order valence-corrected chi connectivity index (χ0v) is 7.43. The average Bonchev–Trinajstić information content (AvgIpc) is 1.82. The number of rotatable bonds is 3. The zero-order valence-electron chi connectivity index (χ0n) is 7.43. The summed E-state index contributed by atoms with van der Waals surface area (Å²) < 4.78 is 36.9. The van der Waals surface area contributed by atoms with Crippen LogP contribution < -0.4 is 11.5 Å². The zero-order chi connectivity index (χ0) is 10.8. The summed E-state index contributed by atoms with van der Waals surface area (Å²) in [5.74, 6) is -3.76. The standard InChI is InChI=1S/C7H13F3N2O/c1-3(2)4(7(8,9)10)5(11)6(12)13/h3-5H,11H2,1-2H3,(H2,12,13). The molecule has 0 radical (unpaired) electrons. The average molecular weight is 198 g/mol. The molecule has 0 aliphatic heterocycles. The number of hydrogen-bond donors (Lipinski definition) is 2. The third kappa shape index (κ3) is 3.22. The van der Waals surface area contributed by atoms with Crippen molar-refractivity contribution in [1.82, 2.24) is 0 Å². The summed E-state index contributed by atoms with van der Waals surface area (Å²) in [7, 11) is 0. The third-order valence-electron chi connectivity index (χ3n) is 1.81. The SMILES string of the molecule is CC(C)C(C(N)C(N)=O)C(F)(F)F. The van der Waals surface area contributed by atoms with Gasteiger partial charge in [-0.3, -0.25) is 4.79 Å². The predicted molar refractivity (Wildman–Crippen MR) is 41.6 cm³/mol. The van der Waals surface area contributed by atoms with Crippen molar-refractivity contribution in [1.29, 1.82) is 0 Å². The van der Waals surface area contributed by atoms with Crippen molar-refractivity contribution in [3.8, 4) is 0 Å². The Morgan fingerprint density at radius 3 is 1.77 bits per heavy atom. The van der Waals surface area contributed by atoms with Crippen molar-refractivity contribution in [3.05, 3.63) is 0 Å². The molecule has 0 aliphatic carbocycles. The molecule has 0 aromatic heterocycles. The maximum Gasteiger partial charge on any atom is 0.394 e. The lowest BCUT2D eigenvalue weighted by Gasteiger charge is -2.27. The summed E-state index contributed by atoms with van der Waals surface area (Å²) >= 11 is 0. The van der Waals surface area contributed by atoms with Crippen LogP contribution in [0.1, 0.15) is 13.8 Å². The Bertz CT molecular complexity index is 191. The van der Waals surface area contributed by atoms with E-state index in [0.29, 0.717) is 0 Å². The highest BCUT2D eigenvalue weighted by molar-refractivity contribution is 5.80. The minimum atomic E-state index is -4.48. The lowest BCUT2D eigenvalue weighted by molar-refractivity contribution is -0.192. The van der Waals surface area contributed by atoms with Crippen molar-refractivity contribution in [3.63, 3.8) is 0 Å². The molecule has 0 aromatic rings. The Morgan fingerprint density at radius 2 is 1.69 bits per heavy atom. The van der Waals surface area contributed by atoms with Crippen LogP contribution in [0.2, 0.25) is 0 Å². The van der Waals surface area contributed by atoms with Crippen molar-refractivity contribution >= 4 is 5.91 Å². The third-order valence-corrected chi connectivity index (χ3v) is 1.81. The number of carbonyl (C=O) groups is 1. The molecule has 0 fully saturated rings. The normalized spacial score (nSPS) is 17.2. The first kappa shape index (κ1) is 12.2. The van der Waals surface area contributed by atoms with Gasteiger partial charge >= 0.3 is 6.18 Å². The molecular weight excluding hydrogens is 185 g/mol. The maximum absolute atomic E-state index is 12.3. The van der Waals surface area contributed by atoms with E-state index in [9.17, 15) is 18.0 Å². The minimum absolute atomic E-state index is 0.762. The molecule has 2 unspecified atom stereocenters. The van der Waals surface area contributed by atoms with Crippen LogP contribution in [-0.2, 0) is 4.79 Å². The molecule has 3 nitrogen and oxygen atoms in total. The van der Waals surface area contributed by atoms with Crippen LogP contribution in [0.3, 0.4) is 0 Å². The lowest BCUT2D eigenvalue weighted by Crippen LogP contribution is -2.50. The van der Waals surface area contributed by atoms with E-state index >= 15 is 0 Å². The van der Waals surface area contributed by atoms with Gasteiger partial charge in [-0.25, -0.2) is 0 Å². The second-order valence-electron chi connectivity index (χ2n) is 3.24. The fourth-order valence-corrected chi connectivity index (χ4v) is 1.17. The first-order valence-electron chi connectivity index (χ1n) is 3.79. The van der Waals surface area contributed by atoms with Gasteiger partial charge in [0.15, 0.2) is 0 Å². The van der Waals surface area contributed by atoms with Gasteiger partial charge in [-0.15, -0.1) is 0 Å². The molecule has 0 saturated carbocycles. The van der Waals surface area contributed by atoms with E-state index in [-0.39, 0.29) is 0 Å². The number of amides is 1. The molecule has 0 aliphatic rings. The second-order valence-corrected chi connectivity index (χ2v) is 3.24. The predicted octanol–water partition coefficient (Wildman–Crippen LogP) is 0.633. The van der Waals surface area contributed by atoms with Gasteiger partial charge in [0, 0.05) is 0 Å². The molecule has 0 bridgehead atoms. The van der Waals surface area contributed by atoms with E-state index in [1.54, 1.807) is 0 Å². The molecule has 6 heteroatoms. The quantitative estimate of drug-likeness (QED) is 0.698. The molecular formula is C7H13F3N2O. The van der Waals surface area contributed by atoms with Gasteiger partial charge in [0.1, 0.15) is 0 Å². The smallest absolute Gasteiger partial charge is 0.368 e. The lowest BCUT2D eigenvalue weighted by atomic mass is 9.88. The first-order valence-corrected chi connectivity index (χ1v) is 3.79. The van der Waals surface area contributed by atoms with Crippen LogP contribution in [0.15, 0.2) is 0 Å². The summed E-state index contributed by atoms with van der Waals surface area (Å²) in [5, 5.41) is 0. The van der Waals surface area contributed by atoms with Crippen molar-refractivity contribution < 1.29 is 18.0 Å². The van der Waals surface area contributed by atoms with Gasteiger partial charge in [0.2, 0.25) is 5.91 Å². The van der Waals surface area contributed by atoms with Crippen molar-refractivity contribution in [2.24, 2.45) is 23.3 Å². The van der Waals surface area contributed by atoms with Crippen LogP contribution in [0, 0.1) is 11.8 Å². The van der Waals surface area contributed by atoms with E-state index in [1.165, 1.54) is 13.8 Å². The van der Waals surface area contributed by atoms with Gasteiger partial charge in [0.05, 0.1) is 12.0 Å². The van der Waals surface area contributed by atoms with Gasteiger partial charge in [-0.05, 0) is 5.92 Å². The highest BCUT2D eigenvalue weighted by atomic mass is 19.4. The second kappa shape index (κ2) is 3.95. The summed E-state index contributed by atoms with van der Waals surface area (Å²) in [4.78, 5) is 10.5. The fourth-order valence-electron chi connectivity index (χ4n) is 1.17. The summed E-state index contributed by atoms with van der Waals surface area (Å²) in [5.41, 5.74) is 9.76. The number of nitrogens with two attached hydrogens (primary N) is 2. The van der Waals surface area contributed by atoms with Crippen molar-refractivity contribution in [2.45, 2.75) is 26.1 Å². The Labute approximate surface area is 74.3 Å². The molecule has 0 heterocycles. The van der Waals surface area contributed by atoms with Crippen LogP contribution in [-0.4, -0.2) is 18.1 Å². The number of carbonyl (C=O) groups excluding carboxylic acids is 1. The Balaban J connectivity index is 4.72. The van der Waals surface area contributed by atoms with Gasteiger partial charge in [0.25, 0.3) is 0 Å². The first-order chi connectivity index (χ1) is 5.68. The molecule has 78 valence electrons. The Hall–Kier alpha value is -0.780. The molecule has 13 heavy (non-hydrogen) atoms. The van der Waals surface area contributed by atoms with Crippen LogP contribution in [0.5, 0.6) is 0 Å². The molecule has 2 atom stereocenters. The van der Waals surface area contributed by atoms with Crippen molar-refractivity contribution in [2.75, 3.05) is 0 Å². The Morgan fingerprint density at radius 1 is 1.31 bits per heavy atom. The highest BCUT2D eigenvalue weighted by Gasteiger charge is 2.47. The number of primary amides is 1. The molecule has 0 saturated heterocycles. The van der Waals surface area contributed by atoms with E-state index < -0.39 is 30.0 Å². The molecule has 0 rings (SSSR count). The van der Waals surface area contributed by atoms with E-state index in [0.717, 1.165) is 0 Å². The number of hydrogen-bond acceptors (Lipinski definition) is 2. The highest BCUT2D eigenvalue weighted by Crippen LogP contribution is 2.33.